The minimum atomic E-state index is 1.06. The van der Waals surface area contributed by atoms with Crippen molar-refractivity contribution in [3.8, 4) is 0 Å². The fourth-order valence-electron chi connectivity index (χ4n) is 0.491. The number of halogens is 1. The van der Waals surface area contributed by atoms with E-state index in [4.69, 9.17) is 0 Å². The quantitative estimate of drug-likeness (QED) is 0.599. The van der Waals surface area contributed by atoms with E-state index in [2.05, 4.69) is 22.5 Å². The van der Waals surface area contributed by atoms with Gasteiger partial charge >= 0.3 is 0 Å². The molecule has 11 heavy (non-hydrogen) atoms. The Morgan fingerprint density at radius 3 is 2.09 bits per heavy atom. The van der Waals surface area contributed by atoms with Gasteiger partial charge in [0.15, 0.2) is 0 Å². The van der Waals surface area contributed by atoms with Gasteiger partial charge in [0.05, 0.1) is 0 Å². The van der Waals surface area contributed by atoms with Crippen LogP contribution in [0.15, 0.2) is 34.9 Å². The molecule has 0 spiro atoms. The smallest absolute Gasteiger partial charge is 0.0198 e. The zero-order chi connectivity index (χ0) is 9.28. The Morgan fingerprint density at radius 1 is 1.36 bits per heavy atom. The molecule has 0 heterocycles. The highest BCUT2D eigenvalue weighted by molar-refractivity contribution is 9.11. The Bertz CT molecular complexity index is 152. The molecule has 1 heteroatoms. The zero-order valence-corrected chi connectivity index (χ0v) is 9.40. The molecule has 0 N–H and O–H groups in total. The van der Waals surface area contributed by atoms with Gasteiger partial charge in [-0.15, -0.1) is 0 Å². The molecule has 0 aliphatic heterocycles. The van der Waals surface area contributed by atoms with Crippen molar-refractivity contribution in [2.24, 2.45) is 0 Å². The average molecular weight is 217 g/mol. The lowest BCUT2D eigenvalue weighted by Crippen LogP contribution is -1.69. The van der Waals surface area contributed by atoms with E-state index in [9.17, 15) is 0 Å². The van der Waals surface area contributed by atoms with Crippen molar-refractivity contribution in [1.29, 1.82) is 0 Å². The van der Waals surface area contributed by atoms with Crippen LogP contribution in [0.1, 0.15) is 27.7 Å². The molecule has 0 aliphatic carbocycles. The van der Waals surface area contributed by atoms with Gasteiger partial charge in [0.1, 0.15) is 0 Å². The highest BCUT2D eigenvalue weighted by Crippen LogP contribution is 2.12. The molecule has 0 aromatic rings. The monoisotopic (exact) mass is 216 g/mol. The van der Waals surface area contributed by atoms with Gasteiger partial charge in [-0.3, -0.25) is 0 Å². The van der Waals surface area contributed by atoms with E-state index in [1.807, 2.05) is 39.8 Å². The molecule has 0 bridgehead atoms. The number of hydrogen-bond acceptors (Lipinski definition) is 0. The summed E-state index contributed by atoms with van der Waals surface area (Å²) >= 11 is 3.35. The second-order valence-electron chi connectivity index (χ2n) is 1.74. The van der Waals surface area contributed by atoms with Crippen LogP contribution in [-0.2, 0) is 0 Å². The van der Waals surface area contributed by atoms with Crippen LogP contribution in [0.5, 0.6) is 0 Å². The second kappa shape index (κ2) is 9.70. The fraction of sp³-hybridized carbons (Fsp3) is 0.400. The van der Waals surface area contributed by atoms with Gasteiger partial charge < -0.3 is 0 Å². The van der Waals surface area contributed by atoms with E-state index in [-0.39, 0.29) is 0 Å². The maximum absolute atomic E-state index is 3.63. The Hall–Kier alpha value is -0.300. The van der Waals surface area contributed by atoms with Crippen LogP contribution in [0, 0.1) is 0 Å². The van der Waals surface area contributed by atoms with Gasteiger partial charge in [-0.25, -0.2) is 0 Å². The third kappa shape index (κ3) is 7.60. The molecule has 0 radical (unpaired) electrons. The maximum Gasteiger partial charge on any atom is 0.0198 e. The van der Waals surface area contributed by atoms with Gasteiger partial charge in [-0.05, 0) is 19.4 Å². The number of rotatable bonds is 2. The molecular formula is C10H17Br. The molecule has 0 amide bonds. The Labute approximate surface area is 78.8 Å². The predicted octanol–water partition coefficient (Wildman–Crippen LogP) is 4.44. The third-order valence-corrected chi connectivity index (χ3v) is 1.92. The number of allylic oxidation sites excluding steroid dienone is 5. The predicted molar refractivity (Wildman–Crippen MR) is 58.0 cm³/mol. The normalized spacial score (nSPS) is 11.7. The summed E-state index contributed by atoms with van der Waals surface area (Å²) in [6.07, 6.45) is 5.82. The van der Waals surface area contributed by atoms with Crippen LogP contribution in [0.4, 0.5) is 0 Å². The molecule has 0 nitrogen and oxygen atoms in total. The summed E-state index contributed by atoms with van der Waals surface area (Å²) < 4.78 is 1.06. The van der Waals surface area contributed by atoms with Crippen molar-refractivity contribution in [1.82, 2.24) is 0 Å². The Balaban J connectivity index is 0. The maximum atomic E-state index is 3.63. The largest absolute Gasteiger partial charge is 0.0979 e. The molecule has 0 unspecified atom stereocenters. The first kappa shape index (κ1) is 13.3. The van der Waals surface area contributed by atoms with Gasteiger partial charge in [0.25, 0.3) is 0 Å². The van der Waals surface area contributed by atoms with Crippen LogP contribution in [-0.4, -0.2) is 0 Å². The van der Waals surface area contributed by atoms with E-state index < -0.39 is 0 Å². The lowest BCUT2D eigenvalue weighted by Gasteiger charge is -1.91. The summed E-state index contributed by atoms with van der Waals surface area (Å²) in [5.41, 5.74) is 1.20. The minimum Gasteiger partial charge on any atom is -0.0979 e. The van der Waals surface area contributed by atoms with E-state index in [1.54, 1.807) is 6.08 Å². The van der Waals surface area contributed by atoms with Crippen LogP contribution >= 0.6 is 15.9 Å². The van der Waals surface area contributed by atoms with Crippen LogP contribution < -0.4 is 0 Å². The van der Waals surface area contributed by atoms with Crippen molar-refractivity contribution < 1.29 is 0 Å². The molecule has 0 aliphatic rings. The molecule has 0 aromatic heterocycles. The summed E-state index contributed by atoms with van der Waals surface area (Å²) in [4.78, 5) is 0. The van der Waals surface area contributed by atoms with Crippen molar-refractivity contribution in [2.45, 2.75) is 27.7 Å². The molecular weight excluding hydrogens is 200 g/mol. The Kier molecular flexibility index (Phi) is 11.7. The van der Waals surface area contributed by atoms with Gasteiger partial charge in [0, 0.05) is 4.48 Å². The summed E-state index contributed by atoms with van der Waals surface area (Å²) in [5.74, 6) is 0. The summed E-state index contributed by atoms with van der Waals surface area (Å²) in [6, 6.07) is 0. The van der Waals surface area contributed by atoms with E-state index in [1.165, 1.54) is 5.57 Å². The van der Waals surface area contributed by atoms with Crippen LogP contribution in [0.25, 0.3) is 0 Å². The summed E-state index contributed by atoms with van der Waals surface area (Å²) in [7, 11) is 0. The minimum absolute atomic E-state index is 1.06. The molecule has 0 fully saturated rings. The zero-order valence-electron chi connectivity index (χ0n) is 7.82. The lowest BCUT2D eigenvalue weighted by molar-refractivity contribution is 1.49. The van der Waals surface area contributed by atoms with Crippen molar-refractivity contribution in [3.05, 3.63) is 34.9 Å². The molecule has 64 valence electrons. The molecule has 0 rings (SSSR count). The first-order valence-corrected chi connectivity index (χ1v) is 4.63. The molecule has 0 saturated carbocycles. The topological polar surface area (TPSA) is 0 Å². The van der Waals surface area contributed by atoms with E-state index >= 15 is 0 Å². The van der Waals surface area contributed by atoms with Crippen molar-refractivity contribution in [3.63, 3.8) is 0 Å². The molecule has 0 atom stereocenters. The van der Waals surface area contributed by atoms with Crippen LogP contribution in [0.3, 0.4) is 0 Å². The first-order valence-electron chi connectivity index (χ1n) is 3.84. The number of hydrogen-bond donors (Lipinski definition) is 0. The Morgan fingerprint density at radius 2 is 1.82 bits per heavy atom. The van der Waals surface area contributed by atoms with E-state index in [0.29, 0.717) is 0 Å². The van der Waals surface area contributed by atoms with Gasteiger partial charge in [-0.2, -0.15) is 0 Å². The lowest BCUT2D eigenvalue weighted by atomic mass is 10.2. The molecule has 0 aromatic carbocycles. The second-order valence-corrected chi connectivity index (χ2v) is 2.59. The van der Waals surface area contributed by atoms with Crippen molar-refractivity contribution in [2.75, 3.05) is 0 Å². The highest BCUT2D eigenvalue weighted by Gasteiger charge is 1.85. The third-order valence-electron chi connectivity index (χ3n) is 0.973. The van der Waals surface area contributed by atoms with Gasteiger partial charge in [0.2, 0.25) is 0 Å². The summed E-state index contributed by atoms with van der Waals surface area (Å²) in [5, 5.41) is 0. The van der Waals surface area contributed by atoms with Crippen LogP contribution in [0.2, 0.25) is 0 Å². The molecule has 0 saturated heterocycles. The first-order chi connectivity index (χ1) is 5.22. The summed E-state index contributed by atoms with van der Waals surface area (Å²) in [6.45, 7) is 11.7. The SMILES string of the molecule is C=C/C(Br)=C(C)\C=C/C.CC. The van der Waals surface area contributed by atoms with E-state index in [0.717, 1.165) is 4.48 Å². The standard InChI is InChI=1S/C8H11Br.C2H6/c1-4-6-7(3)8(9)5-2;1-2/h4-6H,2H2,1,3H3;1-2H3/b6-4-,8-7+;. The highest BCUT2D eigenvalue weighted by atomic mass is 79.9. The van der Waals surface area contributed by atoms with Gasteiger partial charge in [-0.1, -0.05) is 54.6 Å². The van der Waals surface area contributed by atoms with Crippen molar-refractivity contribution >= 4 is 15.9 Å². The average Bonchev–Trinajstić information content (AvgIpc) is 2.07. The fourth-order valence-corrected chi connectivity index (χ4v) is 0.623.